The molecule has 6 heteroatoms. The second kappa shape index (κ2) is 4.98. The van der Waals surface area contributed by atoms with Crippen molar-refractivity contribution in [1.82, 2.24) is 20.0 Å². The first-order chi connectivity index (χ1) is 10.6. The number of amides is 2. The molecule has 2 aliphatic carbocycles. The standard InChI is InChI=1S/C16H25N5O/c1-20-13(11-3-4-11)7-12(19-20)8-18-15(22)21-9-14(17)16(10-21)5-2-6-16/h7,11,14H,2-6,8-10,17H2,1H3,(H,18,22). The van der Waals surface area contributed by atoms with Crippen molar-refractivity contribution in [3.05, 3.63) is 17.5 Å². The van der Waals surface area contributed by atoms with E-state index in [1.54, 1.807) is 0 Å². The lowest BCUT2D eigenvalue weighted by atomic mass is 9.66. The normalized spacial score (nSPS) is 26.3. The first kappa shape index (κ1) is 14.1. The van der Waals surface area contributed by atoms with Gasteiger partial charge in [0.1, 0.15) is 0 Å². The van der Waals surface area contributed by atoms with Gasteiger partial charge in [-0.1, -0.05) is 6.42 Å². The number of aryl methyl sites for hydroxylation is 1. The third kappa shape index (κ3) is 2.29. The summed E-state index contributed by atoms with van der Waals surface area (Å²) in [5, 5.41) is 7.50. The molecule has 1 aliphatic heterocycles. The number of hydrogen-bond acceptors (Lipinski definition) is 3. The Balaban J connectivity index is 1.34. The highest BCUT2D eigenvalue weighted by molar-refractivity contribution is 5.74. The van der Waals surface area contributed by atoms with Crippen molar-refractivity contribution in [2.24, 2.45) is 18.2 Å². The van der Waals surface area contributed by atoms with Gasteiger partial charge in [0.2, 0.25) is 0 Å². The van der Waals surface area contributed by atoms with Gasteiger partial charge in [-0.2, -0.15) is 5.10 Å². The molecule has 6 nitrogen and oxygen atoms in total. The molecule has 3 N–H and O–H groups in total. The summed E-state index contributed by atoms with van der Waals surface area (Å²) in [7, 11) is 1.98. The molecule has 1 aromatic heterocycles. The third-order valence-corrected chi connectivity index (χ3v) is 5.73. The van der Waals surface area contributed by atoms with Crippen molar-refractivity contribution in [1.29, 1.82) is 0 Å². The number of nitrogens with one attached hydrogen (secondary N) is 1. The van der Waals surface area contributed by atoms with Crippen molar-refractivity contribution < 1.29 is 4.79 Å². The summed E-state index contributed by atoms with van der Waals surface area (Å²) < 4.78 is 1.95. The maximum Gasteiger partial charge on any atom is 0.317 e. The van der Waals surface area contributed by atoms with Gasteiger partial charge in [-0.15, -0.1) is 0 Å². The van der Waals surface area contributed by atoms with Crippen molar-refractivity contribution in [2.45, 2.75) is 50.6 Å². The van der Waals surface area contributed by atoms with Gasteiger partial charge in [-0.3, -0.25) is 4.68 Å². The maximum absolute atomic E-state index is 12.4. The Morgan fingerprint density at radius 1 is 1.50 bits per heavy atom. The molecule has 3 aliphatic rings. The van der Waals surface area contributed by atoms with E-state index in [0.717, 1.165) is 12.2 Å². The zero-order chi connectivity index (χ0) is 15.3. The van der Waals surface area contributed by atoms with E-state index in [9.17, 15) is 4.79 Å². The summed E-state index contributed by atoms with van der Waals surface area (Å²) in [6.07, 6.45) is 6.12. The summed E-state index contributed by atoms with van der Waals surface area (Å²) in [5.41, 5.74) is 8.68. The minimum absolute atomic E-state index is 0.00199. The lowest BCUT2D eigenvalue weighted by Gasteiger charge is -2.41. The second-order valence-electron chi connectivity index (χ2n) is 7.32. The highest BCUT2D eigenvalue weighted by Crippen LogP contribution is 2.47. The Labute approximate surface area is 131 Å². The number of urea groups is 1. The highest BCUT2D eigenvalue weighted by Gasteiger charge is 2.49. The number of likely N-dealkylation sites (tertiary alicyclic amines) is 1. The van der Waals surface area contributed by atoms with Crippen LogP contribution in [0.25, 0.3) is 0 Å². The monoisotopic (exact) mass is 303 g/mol. The van der Waals surface area contributed by atoms with Gasteiger partial charge in [0, 0.05) is 43.2 Å². The van der Waals surface area contributed by atoms with Crippen molar-refractivity contribution in [2.75, 3.05) is 13.1 Å². The van der Waals surface area contributed by atoms with Crippen LogP contribution < -0.4 is 11.1 Å². The zero-order valence-corrected chi connectivity index (χ0v) is 13.2. The van der Waals surface area contributed by atoms with Crippen LogP contribution in [0.15, 0.2) is 6.07 Å². The molecule has 4 rings (SSSR count). The van der Waals surface area contributed by atoms with Gasteiger partial charge in [-0.25, -0.2) is 4.79 Å². The van der Waals surface area contributed by atoms with E-state index in [2.05, 4.69) is 16.5 Å². The highest BCUT2D eigenvalue weighted by atomic mass is 16.2. The van der Waals surface area contributed by atoms with Gasteiger partial charge in [0.25, 0.3) is 0 Å². The number of hydrogen-bond donors (Lipinski definition) is 2. The van der Waals surface area contributed by atoms with Gasteiger partial charge < -0.3 is 16.0 Å². The van der Waals surface area contributed by atoms with Crippen LogP contribution in [-0.2, 0) is 13.6 Å². The predicted molar refractivity (Wildman–Crippen MR) is 83.3 cm³/mol. The summed E-state index contributed by atoms with van der Waals surface area (Å²) in [6, 6.07) is 2.27. The molecule has 2 heterocycles. The predicted octanol–water partition coefficient (Wildman–Crippen LogP) is 1.32. The minimum atomic E-state index is -0.00199. The molecule has 120 valence electrons. The average molecular weight is 303 g/mol. The maximum atomic E-state index is 12.4. The first-order valence-electron chi connectivity index (χ1n) is 8.39. The van der Waals surface area contributed by atoms with Crippen molar-refractivity contribution in [3.8, 4) is 0 Å². The molecule has 2 saturated carbocycles. The van der Waals surface area contributed by atoms with Crippen LogP contribution in [0.5, 0.6) is 0 Å². The number of aromatic nitrogens is 2. The smallest absolute Gasteiger partial charge is 0.317 e. The van der Waals surface area contributed by atoms with Gasteiger partial charge in [0.15, 0.2) is 0 Å². The molecule has 22 heavy (non-hydrogen) atoms. The molecular weight excluding hydrogens is 278 g/mol. The Hall–Kier alpha value is -1.56. The van der Waals surface area contributed by atoms with Gasteiger partial charge in [0.05, 0.1) is 12.2 Å². The van der Waals surface area contributed by atoms with E-state index in [4.69, 9.17) is 5.73 Å². The SMILES string of the molecule is Cn1nc(CNC(=O)N2CC(N)C3(CCC3)C2)cc1C1CC1. The number of rotatable bonds is 3. The molecule has 0 radical (unpaired) electrons. The molecule has 1 aromatic rings. The van der Waals surface area contributed by atoms with Crippen LogP contribution in [0.1, 0.15) is 49.4 Å². The van der Waals surface area contributed by atoms with Gasteiger partial charge in [-0.05, 0) is 31.7 Å². The average Bonchev–Trinajstić information content (AvgIpc) is 3.12. The first-order valence-corrected chi connectivity index (χ1v) is 8.39. The fourth-order valence-electron chi connectivity index (χ4n) is 3.98. The van der Waals surface area contributed by atoms with Crippen molar-refractivity contribution in [3.63, 3.8) is 0 Å². The Kier molecular flexibility index (Phi) is 3.18. The minimum Gasteiger partial charge on any atom is -0.332 e. The topological polar surface area (TPSA) is 76.2 Å². The molecule has 1 saturated heterocycles. The van der Waals surface area contributed by atoms with E-state index in [-0.39, 0.29) is 17.5 Å². The van der Waals surface area contributed by atoms with Crippen LogP contribution in [0.4, 0.5) is 4.79 Å². The van der Waals surface area contributed by atoms with E-state index < -0.39 is 0 Å². The molecule has 1 spiro atoms. The van der Waals surface area contributed by atoms with Crippen LogP contribution >= 0.6 is 0 Å². The number of carbonyl (C=O) groups is 1. The van der Waals surface area contributed by atoms with Crippen LogP contribution in [-0.4, -0.2) is 39.8 Å². The molecule has 0 bridgehead atoms. The lowest BCUT2D eigenvalue weighted by molar-refractivity contribution is 0.125. The summed E-state index contributed by atoms with van der Waals surface area (Å²) in [5.74, 6) is 0.678. The van der Waals surface area contributed by atoms with Gasteiger partial charge >= 0.3 is 6.03 Å². The molecule has 2 amide bonds. The zero-order valence-electron chi connectivity index (χ0n) is 13.2. The Bertz CT molecular complexity index is 587. The van der Waals surface area contributed by atoms with Crippen molar-refractivity contribution >= 4 is 6.03 Å². The van der Waals surface area contributed by atoms with E-state index in [0.29, 0.717) is 19.0 Å². The molecular formula is C16H25N5O. The lowest BCUT2D eigenvalue weighted by Crippen LogP contribution is -2.45. The van der Waals surface area contributed by atoms with E-state index in [1.807, 2.05) is 16.6 Å². The fourth-order valence-corrected chi connectivity index (χ4v) is 3.98. The van der Waals surface area contributed by atoms with E-state index in [1.165, 1.54) is 37.8 Å². The number of nitrogens with zero attached hydrogens (tertiary/aromatic N) is 3. The fraction of sp³-hybridized carbons (Fsp3) is 0.750. The van der Waals surface area contributed by atoms with Crippen LogP contribution in [0.3, 0.4) is 0 Å². The molecule has 1 unspecified atom stereocenters. The largest absolute Gasteiger partial charge is 0.332 e. The number of nitrogens with two attached hydrogens (primary N) is 1. The van der Waals surface area contributed by atoms with E-state index >= 15 is 0 Å². The summed E-state index contributed by atoms with van der Waals surface area (Å²) in [4.78, 5) is 14.2. The Morgan fingerprint density at radius 2 is 2.27 bits per heavy atom. The number of carbonyl (C=O) groups excluding carboxylic acids is 1. The molecule has 3 fully saturated rings. The third-order valence-electron chi connectivity index (χ3n) is 5.73. The summed E-state index contributed by atoms with van der Waals surface area (Å²) in [6.45, 7) is 2.00. The second-order valence-corrected chi connectivity index (χ2v) is 7.32. The quantitative estimate of drug-likeness (QED) is 0.884. The molecule has 1 atom stereocenters. The summed E-state index contributed by atoms with van der Waals surface area (Å²) >= 11 is 0. The van der Waals surface area contributed by atoms with Crippen LogP contribution in [0.2, 0.25) is 0 Å². The molecule has 0 aromatic carbocycles. The van der Waals surface area contributed by atoms with Crippen LogP contribution in [0, 0.1) is 5.41 Å². The Morgan fingerprint density at radius 3 is 2.86 bits per heavy atom.